The highest BCUT2D eigenvalue weighted by Gasteiger charge is 2.34. The van der Waals surface area contributed by atoms with Crippen molar-refractivity contribution in [1.82, 2.24) is 29.5 Å². The Labute approximate surface area is 207 Å². The molecule has 2 aromatic carbocycles. The van der Waals surface area contributed by atoms with Crippen molar-refractivity contribution >= 4 is 16.6 Å². The molecule has 1 fully saturated rings. The van der Waals surface area contributed by atoms with Crippen molar-refractivity contribution in [2.24, 2.45) is 5.73 Å². The van der Waals surface area contributed by atoms with E-state index in [2.05, 4.69) is 62.6 Å². The van der Waals surface area contributed by atoms with Gasteiger partial charge in [-0.3, -0.25) is 4.40 Å². The number of benzene rings is 2. The number of nitrogens with zero attached hydrogens (tertiary/aromatic N) is 6. The Hall–Kier alpha value is -4.49. The molecule has 7 rings (SSSR count). The topological polar surface area (TPSA) is 94.9 Å². The van der Waals surface area contributed by atoms with Gasteiger partial charge in [0.2, 0.25) is 0 Å². The predicted octanol–water partition coefficient (Wildman–Crippen LogP) is 5.41. The molecule has 0 unspecified atom stereocenters. The summed E-state index contributed by atoms with van der Waals surface area (Å²) in [6.07, 6.45) is 8.45. The third kappa shape index (κ3) is 3.28. The van der Waals surface area contributed by atoms with Crippen LogP contribution in [0.25, 0.3) is 50.5 Å². The van der Waals surface area contributed by atoms with Crippen molar-refractivity contribution in [3.05, 3.63) is 97.1 Å². The van der Waals surface area contributed by atoms with Gasteiger partial charge in [-0.25, -0.2) is 15.0 Å². The van der Waals surface area contributed by atoms with Gasteiger partial charge in [-0.1, -0.05) is 54.6 Å². The third-order valence-electron chi connectivity index (χ3n) is 7.25. The van der Waals surface area contributed by atoms with E-state index < -0.39 is 0 Å². The van der Waals surface area contributed by atoms with E-state index in [-0.39, 0.29) is 5.54 Å². The lowest BCUT2D eigenvalue weighted by Crippen LogP contribution is -2.43. The highest BCUT2D eigenvalue weighted by Crippen LogP contribution is 2.40. The maximum atomic E-state index is 6.57. The molecule has 7 heteroatoms. The van der Waals surface area contributed by atoms with Crippen molar-refractivity contribution < 1.29 is 0 Å². The predicted molar refractivity (Wildman–Crippen MR) is 140 cm³/mol. The summed E-state index contributed by atoms with van der Waals surface area (Å²) in [7, 11) is 0. The molecule has 1 saturated carbocycles. The van der Waals surface area contributed by atoms with E-state index in [1.54, 1.807) is 6.20 Å². The first kappa shape index (κ1) is 20.8. The zero-order valence-electron chi connectivity index (χ0n) is 19.5. The first-order valence-electron chi connectivity index (χ1n) is 12.1. The number of aromatic nitrogens is 6. The Morgan fingerprint density at radius 2 is 1.69 bits per heavy atom. The van der Waals surface area contributed by atoms with Gasteiger partial charge >= 0.3 is 0 Å². The summed E-state index contributed by atoms with van der Waals surface area (Å²) in [4.78, 5) is 13.5. The number of pyridine rings is 2. The van der Waals surface area contributed by atoms with Crippen LogP contribution in [0, 0.1) is 0 Å². The van der Waals surface area contributed by atoms with E-state index in [4.69, 9.17) is 10.7 Å². The fraction of sp³-hybridized carbons (Fsp3) is 0.138. The average Bonchev–Trinajstić information content (AvgIpc) is 3.37. The van der Waals surface area contributed by atoms with E-state index in [1.807, 2.05) is 40.9 Å². The normalized spacial score (nSPS) is 14.7. The molecule has 174 valence electrons. The number of nitrogens with two attached hydrogens (primary N) is 1. The fourth-order valence-electron chi connectivity index (χ4n) is 5.06. The number of hydrogen-bond acceptors (Lipinski definition) is 6. The minimum Gasteiger partial charge on any atom is -0.321 e. The molecule has 0 amide bonds. The molecular weight excluding hydrogens is 446 g/mol. The third-order valence-corrected chi connectivity index (χ3v) is 7.25. The van der Waals surface area contributed by atoms with Crippen LogP contribution in [0.5, 0.6) is 0 Å². The van der Waals surface area contributed by atoms with Crippen LogP contribution in [0.2, 0.25) is 0 Å². The van der Waals surface area contributed by atoms with Gasteiger partial charge in [0, 0.05) is 34.4 Å². The largest absolute Gasteiger partial charge is 0.321 e. The Bertz CT molecular complexity index is 1700. The minimum absolute atomic E-state index is 0.182. The van der Waals surface area contributed by atoms with Gasteiger partial charge in [-0.05, 0) is 48.6 Å². The molecular formula is C29H23N7. The van der Waals surface area contributed by atoms with Crippen LogP contribution >= 0.6 is 0 Å². The maximum absolute atomic E-state index is 6.57. The number of fused-ring (bicyclic) bond motifs is 3. The van der Waals surface area contributed by atoms with Gasteiger partial charge < -0.3 is 5.73 Å². The van der Waals surface area contributed by atoms with E-state index in [1.165, 1.54) is 18.3 Å². The standard InChI is InChI=1S/C29H23N7/c30-29(13-4-14-29)21-9-7-20(8-10-21)26-22(19-5-2-1-3-6-19)17-23-24(33-26)12-16-36-27(23)34-35-28(36)25-11-15-31-18-32-25/h1-3,5-12,15-18H,4,13-14,30H2. The Morgan fingerprint density at radius 3 is 2.42 bits per heavy atom. The second-order valence-corrected chi connectivity index (χ2v) is 9.40. The minimum atomic E-state index is -0.182. The molecule has 4 heterocycles. The van der Waals surface area contributed by atoms with Crippen molar-refractivity contribution in [2.45, 2.75) is 24.8 Å². The van der Waals surface area contributed by atoms with Gasteiger partial charge in [-0.15, -0.1) is 10.2 Å². The van der Waals surface area contributed by atoms with Gasteiger partial charge in [-0.2, -0.15) is 0 Å². The molecule has 4 aromatic heterocycles. The van der Waals surface area contributed by atoms with Crippen LogP contribution in [0.15, 0.2) is 91.5 Å². The zero-order chi connectivity index (χ0) is 24.1. The van der Waals surface area contributed by atoms with E-state index >= 15 is 0 Å². The van der Waals surface area contributed by atoms with Crippen molar-refractivity contribution in [2.75, 3.05) is 0 Å². The maximum Gasteiger partial charge on any atom is 0.187 e. The Balaban J connectivity index is 1.43. The molecule has 0 saturated heterocycles. The SMILES string of the molecule is NC1(c2ccc(-c3nc4ccn5c(-c6ccncn6)nnc5c4cc3-c3ccccc3)cc2)CCC1. The lowest BCUT2D eigenvalue weighted by atomic mass is 9.72. The molecule has 6 aromatic rings. The summed E-state index contributed by atoms with van der Waals surface area (Å²) in [5.74, 6) is 0.668. The average molecular weight is 470 g/mol. The quantitative estimate of drug-likeness (QED) is 0.371. The summed E-state index contributed by atoms with van der Waals surface area (Å²) >= 11 is 0. The van der Waals surface area contributed by atoms with E-state index in [0.717, 1.165) is 51.8 Å². The molecule has 36 heavy (non-hydrogen) atoms. The highest BCUT2D eigenvalue weighted by molar-refractivity contribution is 5.98. The molecule has 0 bridgehead atoms. The van der Waals surface area contributed by atoms with Crippen LogP contribution in [-0.4, -0.2) is 29.5 Å². The van der Waals surface area contributed by atoms with Crippen LogP contribution in [0.4, 0.5) is 0 Å². The fourth-order valence-corrected chi connectivity index (χ4v) is 5.06. The van der Waals surface area contributed by atoms with Crippen LogP contribution in [0.1, 0.15) is 24.8 Å². The van der Waals surface area contributed by atoms with Crippen LogP contribution in [-0.2, 0) is 5.54 Å². The smallest absolute Gasteiger partial charge is 0.187 e. The van der Waals surface area contributed by atoms with Crippen molar-refractivity contribution in [3.63, 3.8) is 0 Å². The molecule has 1 aliphatic rings. The summed E-state index contributed by atoms with van der Waals surface area (Å²) in [5.41, 5.74) is 14.0. The lowest BCUT2D eigenvalue weighted by molar-refractivity contribution is 0.253. The van der Waals surface area contributed by atoms with Crippen LogP contribution < -0.4 is 5.73 Å². The van der Waals surface area contributed by atoms with Gasteiger partial charge in [0.25, 0.3) is 0 Å². The van der Waals surface area contributed by atoms with Gasteiger partial charge in [0.15, 0.2) is 11.5 Å². The lowest BCUT2D eigenvalue weighted by Gasteiger charge is -2.38. The number of hydrogen-bond donors (Lipinski definition) is 1. The van der Waals surface area contributed by atoms with E-state index in [9.17, 15) is 0 Å². The molecule has 0 spiro atoms. The molecule has 1 aliphatic carbocycles. The second kappa shape index (κ2) is 8.03. The van der Waals surface area contributed by atoms with Gasteiger partial charge in [0.1, 0.15) is 12.0 Å². The Morgan fingerprint density at radius 1 is 0.861 bits per heavy atom. The highest BCUT2D eigenvalue weighted by atomic mass is 15.3. The number of rotatable bonds is 4. The molecule has 0 atom stereocenters. The summed E-state index contributed by atoms with van der Waals surface area (Å²) < 4.78 is 1.95. The monoisotopic (exact) mass is 469 g/mol. The first-order chi connectivity index (χ1) is 17.7. The molecule has 2 N–H and O–H groups in total. The molecule has 0 aliphatic heterocycles. The van der Waals surface area contributed by atoms with Crippen LogP contribution in [0.3, 0.4) is 0 Å². The van der Waals surface area contributed by atoms with E-state index in [0.29, 0.717) is 11.5 Å². The summed E-state index contributed by atoms with van der Waals surface area (Å²) in [5, 5.41) is 9.87. The summed E-state index contributed by atoms with van der Waals surface area (Å²) in [6, 6.07) is 25.0. The van der Waals surface area contributed by atoms with Crippen molar-refractivity contribution in [3.8, 4) is 33.9 Å². The molecule has 0 radical (unpaired) electrons. The Kier molecular flexibility index (Phi) is 4.65. The first-order valence-corrected chi connectivity index (χ1v) is 12.1. The van der Waals surface area contributed by atoms with Crippen molar-refractivity contribution in [1.29, 1.82) is 0 Å². The van der Waals surface area contributed by atoms with Gasteiger partial charge in [0.05, 0.1) is 11.2 Å². The second-order valence-electron chi connectivity index (χ2n) is 9.40. The summed E-state index contributed by atoms with van der Waals surface area (Å²) in [6.45, 7) is 0. The molecule has 7 nitrogen and oxygen atoms in total. The zero-order valence-corrected chi connectivity index (χ0v) is 19.5.